The van der Waals surface area contributed by atoms with E-state index in [1.54, 1.807) is 18.3 Å². The molecule has 0 amide bonds. The van der Waals surface area contributed by atoms with Crippen molar-refractivity contribution in [1.29, 1.82) is 0 Å². The van der Waals surface area contributed by atoms with Gasteiger partial charge in [0.1, 0.15) is 11.4 Å². The highest BCUT2D eigenvalue weighted by atomic mass is 79.9. The third-order valence-electron chi connectivity index (χ3n) is 1.84. The summed E-state index contributed by atoms with van der Waals surface area (Å²) in [5.41, 5.74) is 0.265. The number of carbonyl (C=O) groups is 1. The number of aromatic nitrogens is 2. The van der Waals surface area contributed by atoms with Gasteiger partial charge >= 0.3 is 0 Å². The van der Waals surface area contributed by atoms with Gasteiger partial charge in [-0.2, -0.15) is 0 Å². The number of alkyl halides is 2. The number of hydrogen-bond acceptors (Lipinski definition) is 3. The lowest BCUT2D eigenvalue weighted by molar-refractivity contribution is 0.111. The van der Waals surface area contributed by atoms with E-state index in [1.807, 2.05) is 0 Å². The Hall–Kier alpha value is -1.21. The van der Waals surface area contributed by atoms with E-state index in [1.165, 1.54) is 18.3 Å². The normalized spacial score (nSPS) is 9.74. The lowest BCUT2D eigenvalue weighted by atomic mass is 10.4. The van der Waals surface area contributed by atoms with E-state index in [0.29, 0.717) is 16.5 Å². The van der Waals surface area contributed by atoms with Crippen LogP contribution in [0.15, 0.2) is 45.6 Å². The fourth-order valence-corrected chi connectivity index (χ4v) is 1.44. The summed E-state index contributed by atoms with van der Waals surface area (Å²) in [6, 6.07) is 6.25. The Morgan fingerprint density at radius 3 is 1.95 bits per heavy atom. The van der Waals surface area contributed by atoms with E-state index in [-0.39, 0.29) is 5.69 Å². The molecule has 2 heterocycles. The van der Waals surface area contributed by atoms with Crippen LogP contribution >= 0.6 is 31.9 Å². The number of pyridine rings is 2. The lowest BCUT2D eigenvalue weighted by Gasteiger charge is -1.95. The Labute approximate surface area is 125 Å². The molecule has 0 saturated heterocycles. The number of carbonyl (C=O) groups excluding carboxylic acids is 1. The second-order valence-corrected chi connectivity index (χ2v) is 5.05. The maximum Gasteiger partial charge on any atom is 0.280 e. The van der Waals surface area contributed by atoms with Gasteiger partial charge in [0.15, 0.2) is 6.29 Å². The quantitative estimate of drug-likeness (QED) is 0.708. The van der Waals surface area contributed by atoms with Crippen molar-refractivity contribution in [1.82, 2.24) is 9.97 Å². The van der Waals surface area contributed by atoms with E-state index in [4.69, 9.17) is 0 Å². The number of hydrogen-bond donors (Lipinski definition) is 0. The molecule has 0 fully saturated rings. The van der Waals surface area contributed by atoms with Gasteiger partial charge in [-0.3, -0.25) is 14.8 Å². The Bertz CT molecular complexity index is 518. The van der Waals surface area contributed by atoms with Gasteiger partial charge < -0.3 is 0 Å². The first-order valence-electron chi connectivity index (χ1n) is 4.99. The average molecular weight is 394 g/mol. The van der Waals surface area contributed by atoms with Crippen LogP contribution in [-0.2, 0) is 0 Å². The summed E-state index contributed by atoms with van der Waals surface area (Å²) >= 11 is 6.28. The Kier molecular flexibility index (Phi) is 6.72. The molecule has 0 aliphatic rings. The molecule has 0 aliphatic heterocycles. The summed E-state index contributed by atoms with van der Waals surface area (Å²) in [7, 11) is 0. The zero-order chi connectivity index (χ0) is 14.3. The predicted molar refractivity (Wildman–Crippen MR) is 74.2 cm³/mol. The van der Waals surface area contributed by atoms with Crippen molar-refractivity contribution in [2.75, 3.05) is 0 Å². The molecule has 100 valence electrons. The first-order chi connectivity index (χ1) is 9.02. The minimum absolute atomic E-state index is 0.191. The minimum Gasteiger partial charge on any atom is -0.296 e. The minimum atomic E-state index is -2.48. The van der Waals surface area contributed by atoms with Gasteiger partial charge in [0, 0.05) is 21.3 Å². The number of halogens is 4. The highest BCUT2D eigenvalue weighted by Gasteiger charge is 2.06. The Morgan fingerprint density at radius 2 is 1.58 bits per heavy atom. The molecular formula is C12H8Br2F2N2O. The van der Waals surface area contributed by atoms with Gasteiger partial charge in [-0.05, 0) is 56.1 Å². The van der Waals surface area contributed by atoms with Gasteiger partial charge in [0.2, 0.25) is 0 Å². The van der Waals surface area contributed by atoms with Crippen LogP contribution in [0.5, 0.6) is 0 Å². The summed E-state index contributed by atoms with van der Waals surface area (Å²) in [5.74, 6) is 0. The summed E-state index contributed by atoms with van der Waals surface area (Å²) < 4.78 is 25.2. The lowest BCUT2D eigenvalue weighted by Crippen LogP contribution is -1.87. The Balaban J connectivity index is 0.000000191. The zero-order valence-electron chi connectivity index (χ0n) is 9.43. The highest BCUT2D eigenvalue weighted by molar-refractivity contribution is 9.10. The van der Waals surface area contributed by atoms with Gasteiger partial charge in [-0.25, -0.2) is 8.78 Å². The largest absolute Gasteiger partial charge is 0.296 e. The van der Waals surface area contributed by atoms with Crippen molar-refractivity contribution in [3.05, 3.63) is 57.0 Å². The fourth-order valence-electron chi connectivity index (χ4n) is 0.973. The van der Waals surface area contributed by atoms with E-state index < -0.39 is 6.43 Å². The molecule has 0 atom stereocenters. The maximum atomic E-state index is 11.8. The van der Waals surface area contributed by atoms with E-state index in [0.717, 1.165) is 4.47 Å². The fraction of sp³-hybridized carbons (Fsp3) is 0.0833. The van der Waals surface area contributed by atoms with Crippen LogP contribution in [0.4, 0.5) is 8.78 Å². The molecule has 2 aromatic heterocycles. The van der Waals surface area contributed by atoms with Crippen molar-refractivity contribution in [2.24, 2.45) is 0 Å². The standard InChI is InChI=1S/C6H4BrF2N.C6H4BrNO/c7-4-1-2-5(6(8)9)10-3-4;7-5-1-2-6(4-9)8-3-5/h1-3,6H;1-4H. The van der Waals surface area contributed by atoms with Crippen LogP contribution in [-0.4, -0.2) is 16.3 Å². The topological polar surface area (TPSA) is 42.9 Å². The molecule has 3 nitrogen and oxygen atoms in total. The molecule has 0 spiro atoms. The third kappa shape index (κ3) is 5.98. The molecule has 0 N–H and O–H groups in total. The molecule has 7 heteroatoms. The molecule has 0 radical (unpaired) electrons. The Morgan fingerprint density at radius 1 is 1.00 bits per heavy atom. The van der Waals surface area contributed by atoms with Crippen LogP contribution in [0.25, 0.3) is 0 Å². The number of nitrogens with zero attached hydrogens (tertiary/aromatic N) is 2. The van der Waals surface area contributed by atoms with Gasteiger partial charge in [-0.15, -0.1) is 0 Å². The second-order valence-electron chi connectivity index (χ2n) is 3.22. The van der Waals surface area contributed by atoms with Gasteiger partial charge in [0.05, 0.1) is 0 Å². The molecule has 0 aromatic carbocycles. The molecular weight excluding hydrogens is 386 g/mol. The van der Waals surface area contributed by atoms with Crippen LogP contribution in [0, 0.1) is 0 Å². The second kappa shape index (κ2) is 8.06. The molecule has 0 aliphatic carbocycles. The maximum absolute atomic E-state index is 11.8. The highest BCUT2D eigenvalue weighted by Crippen LogP contribution is 2.17. The van der Waals surface area contributed by atoms with Gasteiger partial charge in [-0.1, -0.05) is 0 Å². The van der Waals surface area contributed by atoms with Crippen LogP contribution in [0.2, 0.25) is 0 Å². The monoisotopic (exact) mass is 392 g/mol. The van der Waals surface area contributed by atoms with Crippen molar-refractivity contribution >= 4 is 38.1 Å². The molecule has 0 unspecified atom stereocenters. The number of rotatable bonds is 2. The van der Waals surface area contributed by atoms with Crippen molar-refractivity contribution in [3.63, 3.8) is 0 Å². The average Bonchev–Trinajstić information content (AvgIpc) is 2.41. The van der Waals surface area contributed by atoms with E-state index in [9.17, 15) is 13.6 Å². The summed E-state index contributed by atoms with van der Waals surface area (Å²) in [4.78, 5) is 17.3. The SMILES string of the molecule is FC(F)c1ccc(Br)cn1.O=Cc1ccc(Br)cn1. The van der Waals surface area contributed by atoms with Crippen LogP contribution in [0.3, 0.4) is 0 Å². The molecule has 19 heavy (non-hydrogen) atoms. The van der Waals surface area contributed by atoms with Gasteiger partial charge in [0.25, 0.3) is 6.43 Å². The third-order valence-corrected chi connectivity index (χ3v) is 2.78. The van der Waals surface area contributed by atoms with Crippen molar-refractivity contribution < 1.29 is 13.6 Å². The number of aldehydes is 1. The summed E-state index contributed by atoms with van der Waals surface area (Å²) in [5, 5.41) is 0. The van der Waals surface area contributed by atoms with E-state index >= 15 is 0 Å². The summed E-state index contributed by atoms with van der Waals surface area (Å²) in [6.07, 6.45) is 1.17. The smallest absolute Gasteiger partial charge is 0.280 e. The summed E-state index contributed by atoms with van der Waals surface area (Å²) in [6.45, 7) is 0. The molecule has 0 bridgehead atoms. The van der Waals surface area contributed by atoms with Crippen LogP contribution < -0.4 is 0 Å². The molecule has 0 saturated carbocycles. The van der Waals surface area contributed by atoms with Crippen LogP contribution in [0.1, 0.15) is 22.6 Å². The first-order valence-corrected chi connectivity index (χ1v) is 6.58. The molecule has 2 rings (SSSR count). The van der Waals surface area contributed by atoms with Crippen molar-refractivity contribution in [2.45, 2.75) is 6.43 Å². The predicted octanol–water partition coefficient (Wildman–Crippen LogP) is 4.44. The first kappa shape index (κ1) is 15.8. The van der Waals surface area contributed by atoms with E-state index in [2.05, 4.69) is 41.8 Å². The molecule has 2 aromatic rings. The van der Waals surface area contributed by atoms with Crippen molar-refractivity contribution in [3.8, 4) is 0 Å². The zero-order valence-corrected chi connectivity index (χ0v) is 12.6.